The Labute approximate surface area is 104 Å². The van der Waals surface area contributed by atoms with Crippen LogP contribution in [0.1, 0.15) is 13.8 Å². The SMILES string of the molecule is COCC(C)[O][Zr]([Cl])([Cl])[O]C(C)COC. The zero-order valence-corrected chi connectivity index (χ0v) is 13.4. The molecule has 2 unspecified atom stereocenters. The van der Waals surface area contributed by atoms with E-state index in [1.165, 1.54) is 0 Å². The van der Waals surface area contributed by atoms with Crippen LogP contribution in [0.4, 0.5) is 0 Å². The third-order valence-corrected chi connectivity index (χ3v) is 6.91. The van der Waals surface area contributed by atoms with E-state index in [9.17, 15) is 0 Å². The van der Waals surface area contributed by atoms with E-state index in [0.717, 1.165) is 0 Å². The van der Waals surface area contributed by atoms with Crippen LogP contribution in [0.5, 0.6) is 0 Å². The number of rotatable bonds is 8. The van der Waals surface area contributed by atoms with Crippen molar-refractivity contribution in [2.75, 3.05) is 27.4 Å². The van der Waals surface area contributed by atoms with Crippen LogP contribution >= 0.6 is 17.0 Å². The van der Waals surface area contributed by atoms with Crippen LogP contribution in [-0.4, -0.2) is 39.6 Å². The zero-order chi connectivity index (χ0) is 11.9. The van der Waals surface area contributed by atoms with Gasteiger partial charge in [0, 0.05) is 0 Å². The van der Waals surface area contributed by atoms with Gasteiger partial charge < -0.3 is 0 Å². The Morgan fingerprint density at radius 2 is 1.27 bits per heavy atom. The first-order chi connectivity index (χ1) is 6.91. The first kappa shape index (κ1) is 16.3. The molecular formula is C8H18Cl2O4Zr. The van der Waals surface area contributed by atoms with Gasteiger partial charge in [-0.25, -0.2) is 0 Å². The molecule has 0 aromatic carbocycles. The average molecular weight is 340 g/mol. The molecule has 0 saturated carbocycles. The van der Waals surface area contributed by atoms with Gasteiger partial charge in [-0.05, 0) is 0 Å². The second-order valence-corrected chi connectivity index (χ2v) is 13.7. The molecule has 0 amide bonds. The van der Waals surface area contributed by atoms with Gasteiger partial charge in [-0.1, -0.05) is 0 Å². The average Bonchev–Trinajstić information content (AvgIpc) is 2.01. The Kier molecular flexibility index (Phi) is 9.13. The van der Waals surface area contributed by atoms with Crippen molar-refractivity contribution in [1.29, 1.82) is 0 Å². The number of halogens is 2. The minimum absolute atomic E-state index is 0.157. The number of hydrogen-bond donors (Lipinski definition) is 0. The Morgan fingerprint density at radius 1 is 0.933 bits per heavy atom. The summed E-state index contributed by atoms with van der Waals surface area (Å²) in [6.45, 7) is 4.56. The van der Waals surface area contributed by atoms with Gasteiger partial charge in [0.15, 0.2) is 0 Å². The van der Waals surface area contributed by atoms with Crippen LogP contribution < -0.4 is 0 Å². The molecule has 0 aliphatic rings. The van der Waals surface area contributed by atoms with E-state index in [2.05, 4.69) is 0 Å². The Morgan fingerprint density at radius 3 is 1.53 bits per heavy atom. The second-order valence-electron chi connectivity index (χ2n) is 3.23. The van der Waals surface area contributed by atoms with Gasteiger partial charge in [-0.3, -0.25) is 0 Å². The van der Waals surface area contributed by atoms with E-state index in [-0.39, 0.29) is 12.2 Å². The van der Waals surface area contributed by atoms with Crippen molar-refractivity contribution in [2.24, 2.45) is 0 Å². The third-order valence-electron chi connectivity index (χ3n) is 1.48. The molecule has 0 rings (SSSR count). The van der Waals surface area contributed by atoms with E-state index in [4.69, 9.17) is 32.1 Å². The van der Waals surface area contributed by atoms with Crippen molar-refractivity contribution in [2.45, 2.75) is 26.1 Å². The van der Waals surface area contributed by atoms with Crippen molar-refractivity contribution < 1.29 is 33.9 Å². The van der Waals surface area contributed by atoms with E-state index in [0.29, 0.717) is 13.2 Å². The summed E-state index contributed by atoms with van der Waals surface area (Å²) in [5, 5.41) is 0. The Bertz CT molecular complexity index is 155. The van der Waals surface area contributed by atoms with Crippen LogP contribution in [-0.2, 0) is 33.9 Å². The van der Waals surface area contributed by atoms with Crippen LogP contribution in [0.2, 0.25) is 0 Å². The molecule has 0 radical (unpaired) electrons. The number of ether oxygens (including phenoxy) is 2. The maximum atomic E-state index is 6.02. The summed E-state index contributed by atoms with van der Waals surface area (Å²) in [6.07, 6.45) is -0.314. The monoisotopic (exact) mass is 338 g/mol. The normalized spacial score (nSPS) is 16.4. The summed E-state index contributed by atoms with van der Waals surface area (Å²) < 4.78 is 20.7. The predicted octanol–water partition coefficient (Wildman–Crippen LogP) is 2.38. The number of hydrogen-bond acceptors (Lipinski definition) is 4. The Hall–Kier alpha value is 1.30. The molecule has 2 atom stereocenters. The summed E-state index contributed by atoms with van der Waals surface area (Å²) in [6, 6.07) is 0. The summed E-state index contributed by atoms with van der Waals surface area (Å²) in [5.74, 6) is 0. The van der Waals surface area contributed by atoms with Crippen molar-refractivity contribution in [3.05, 3.63) is 0 Å². The molecule has 4 nitrogen and oxygen atoms in total. The van der Waals surface area contributed by atoms with Crippen molar-refractivity contribution in [3.8, 4) is 0 Å². The summed E-state index contributed by atoms with van der Waals surface area (Å²) >= 11 is -3.86. The molecule has 0 N–H and O–H groups in total. The van der Waals surface area contributed by atoms with Gasteiger partial charge in [-0.15, -0.1) is 0 Å². The first-order valence-corrected chi connectivity index (χ1v) is 13.0. The van der Waals surface area contributed by atoms with Gasteiger partial charge in [0.25, 0.3) is 0 Å². The molecule has 0 bridgehead atoms. The van der Waals surface area contributed by atoms with Gasteiger partial charge >= 0.3 is 104 Å². The van der Waals surface area contributed by atoms with Crippen molar-refractivity contribution in [3.63, 3.8) is 0 Å². The van der Waals surface area contributed by atoms with Gasteiger partial charge in [-0.2, -0.15) is 0 Å². The molecule has 7 heteroatoms. The molecule has 0 aliphatic heterocycles. The van der Waals surface area contributed by atoms with E-state index in [1.807, 2.05) is 13.8 Å². The fourth-order valence-corrected chi connectivity index (χ4v) is 7.41. The molecule has 0 aromatic rings. The third kappa shape index (κ3) is 9.05. The summed E-state index contributed by atoms with van der Waals surface area (Å²) in [7, 11) is 15.2. The summed E-state index contributed by atoms with van der Waals surface area (Å²) in [4.78, 5) is 0. The first-order valence-electron chi connectivity index (χ1n) is 4.62. The summed E-state index contributed by atoms with van der Waals surface area (Å²) in [5.41, 5.74) is 0. The molecule has 0 heterocycles. The van der Waals surface area contributed by atoms with Crippen LogP contribution in [0.15, 0.2) is 0 Å². The van der Waals surface area contributed by atoms with Crippen LogP contribution in [0.25, 0.3) is 0 Å². The number of methoxy groups -OCH3 is 2. The fourth-order valence-electron chi connectivity index (χ4n) is 1.03. The van der Waals surface area contributed by atoms with E-state index in [1.54, 1.807) is 14.2 Å². The topological polar surface area (TPSA) is 36.9 Å². The molecule has 0 aliphatic carbocycles. The minimum atomic E-state index is -3.86. The van der Waals surface area contributed by atoms with Gasteiger partial charge in [0.2, 0.25) is 0 Å². The molecule has 0 saturated heterocycles. The standard InChI is InChI=1S/2C4H9O2.2ClH.Zr/c2*1-4(5)3-6-2;;;/h2*4H,3H2,1-2H3;2*1H;/q2*-1;;;+4/p-2. The van der Waals surface area contributed by atoms with Gasteiger partial charge in [0.1, 0.15) is 0 Å². The molecule has 92 valence electrons. The predicted molar refractivity (Wildman–Crippen MR) is 56.6 cm³/mol. The van der Waals surface area contributed by atoms with E-state index >= 15 is 0 Å². The maximum absolute atomic E-state index is 6.02. The van der Waals surface area contributed by atoms with Crippen LogP contribution in [0.3, 0.4) is 0 Å². The van der Waals surface area contributed by atoms with Crippen molar-refractivity contribution in [1.82, 2.24) is 0 Å². The van der Waals surface area contributed by atoms with Crippen molar-refractivity contribution >= 4 is 17.0 Å². The molecule has 0 fully saturated rings. The zero-order valence-electron chi connectivity index (χ0n) is 9.46. The molecule has 0 aromatic heterocycles. The fraction of sp³-hybridized carbons (Fsp3) is 1.00. The molecular weight excluding hydrogens is 322 g/mol. The van der Waals surface area contributed by atoms with Gasteiger partial charge in [0.05, 0.1) is 0 Å². The molecule has 15 heavy (non-hydrogen) atoms. The molecule has 0 spiro atoms. The Balaban J connectivity index is 3.94. The van der Waals surface area contributed by atoms with E-state index < -0.39 is 18.8 Å². The second kappa shape index (κ2) is 8.40. The van der Waals surface area contributed by atoms with Crippen LogP contribution in [0, 0.1) is 0 Å². The quantitative estimate of drug-likeness (QED) is 0.680.